The molecule has 5 heteroatoms. The van der Waals surface area contributed by atoms with Crippen LogP contribution in [0.1, 0.15) is 46.2 Å². The van der Waals surface area contributed by atoms with Gasteiger partial charge in [-0.3, -0.25) is 9.48 Å². The number of amides is 1. The topological polar surface area (TPSA) is 59.3 Å². The van der Waals surface area contributed by atoms with Crippen LogP contribution in [0.5, 0.6) is 0 Å². The van der Waals surface area contributed by atoms with Crippen LogP contribution in [0.4, 0.5) is 0 Å². The van der Waals surface area contributed by atoms with E-state index in [-0.39, 0.29) is 5.91 Å². The highest BCUT2D eigenvalue weighted by Gasteiger charge is 2.07. The summed E-state index contributed by atoms with van der Waals surface area (Å²) in [6.45, 7) is 6.73. The molecule has 0 saturated carbocycles. The third kappa shape index (κ3) is 4.70. The molecule has 3 rings (SSSR count). The molecule has 27 heavy (non-hydrogen) atoms. The lowest BCUT2D eigenvalue weighted by molar-refractivity contribution is 0.0955. The summed E-state index contributed by atoms with van der Waals surface area (Å²) in [5.74, 6) is -0.213. The van der Waals surface area contributed by atoms with Crippen molar-refractivity contribution in [3.05, 3.63) is 88.7 Å². The van der Waals surface area contributed by atoms with Gasteiger partial charge in [-0.25, -0.2) is 5.43 Å². The van der Waals surface area contributed by atoms with Gasteiger partial charge in [-0.2, -0.15) is 10.2 Å². The summed E-state index contributed by atoms with van der Waals surface area (Å²) < 4.78 is 1.96. The lowest BCUT2D eigenvalue weighted by atomic mass is 10.1. The van der Waals surface area contributed by atoms with E-state index in [1.165, 1.54) is 0 Å². The summed E-state index contributed by atoms with van der Waals surface area (Å²) in [5, 5.41) is 8.77. The van der Waals surface area contributed by atoms with Gasteiger partial charge in [0.1, 0.15) is 0 Å². The molecule has 5 nitrogen and oxygen atoms in total. The van der Waals surface area contributed by atoms with E-state index in [1.54, 1.807) is 0 Å². The molecule has 0 bridgehead atoms. The number of nitrogens with zero attached hydrogens (tertiary/aromatic N) is 3. The molecule has 0 fully saturated rings. The molecular weight excluding hydrogens is 336 g/mol. The molecule has 138 valence electrons. The fourth-order valence-electron chi connectivity index (χ4n) is 2.93. The molecule has 0 aliphatic heterocycles. The molecule has 1 N–H and O–H groups in total. The summed E-state index contributed by atoms with van der Waals surface area (Å²) in [4.78, 5) is 12.4. The van der Waals surface area contributed by atoms with Crippen molar-refractivity contribution in [3.63, 3.8) is 0 Å². The van der Waals surface area contributed by atoms with Crippen LogP contribution in [0, 0.1) is 13.8 Å². The predicted octanol–water partition coefficient (Wildman–Crippen LogP) is 4.09. The van der Waals surface area contributed by atoms with E-state index in [0.717, 1.165) is 34.6 Å². The third-order valence-electron chi connectivity index (χ3n) is 4.39. The van der Waals surface area contributed by atoms with E-state index in [2.05, 4.69) is 21.7 Å². The quantitative estimate of drug-likeness (QED) is 0.532. The average Bonchev–Trinajstić information content (AvgIpc) is 3.00. The highest BCUT2D eigenvalue weighted by molar-refractivity contribution is 6.02. The van der Waals surface area contributed by atoms with Gasteiger partial charge in [-0.15, -0.1) is 0 Å². The first-order valence-corrected chi connectivity index (χ1v) is 9.09. The monoisotopic (exact) mass is 360 g/mol. The Morgan fingerprint density at radius 1 is 1.04 bits per heavy atom. The molecule has 0 aliphatic carbocycles. The SMILES string of the molecule is CCC(=NNC(=O)c1ccc(Cn2nc(C)cc2C)cc1)c1ccccc1. The van der Waals surface area contributed by atoms with E-state index in [0.29, 0.717) is 12.1 Å². The Labute approximate surface area is 159 Å². The summed E-state index contributed by atoms with van der Waals surface area (Å²) >= 11 is 0. The van der Waals surface area contributed by atoms with Crippen LogP contribution in [0.25, 0.3) is 0 Å². The molecule has 0 saturated heterocycles. The van der Waals surface area contributed by atoms with Crippen molar-refractivity contribution in [1.82, 2.24) is 15.2 Å². The van der Waals surface area contributed by atoms with Gasteiger partial charge in [0.2, 0.25) is 0 Å². The number of aryl methyl sites for hydroxylation is 2. The Balaban J connectivity index is 1.67. The molecule has 0 atom stereocenters. The Hall–Kier alpha value is -3.21. The number of nitrogens with one attached hydrogen (secondary N) is 1. The predicted molar refractivity (Wildman–Crippen MR) is 108 cm³/mol. The van der Waals surface area contributed by atoms with Gasteiger partial charge in [0, 0.05) is 11.3 Å². The van der Waals surface area contributed by atoms with Gasteiger partial charge in [-0.05, 0) is 49.6 Å². The first-order valence-electron chi connectivity index (χ1n) is 9.09. The number of benzene rings is 2. The van der Waals surface area contributed by atoms with Gasteiger partial charge >= 0.3 is 0 Å². The number of rotatable bonds is 6. The Bertz CT molecular complexity index is 940. The van der Waals surface area contributed by atoms with Crippen LogP contribution in [0.2, 0.25) is 0 Å². The molecular formula is C22H24N4O. The maximum Gasteiger partial charge on any atom is 0.271 e. The van der Waals surface area contributed by atoms with E-state index >= 15 is 0 Å². The van der Waals surface area contributed by atoms with Crippen LogP contribution in [0.15, 0.2) is 65.8 Å². The van der Waals surface area contributed by atoms with Gasteiger partial charge in [-0.1, -0.05) is 49.4 Å². The molecule has 0 unspecified atom stereocenters. The molecule has 0 radical (unpaired) electrons. The smallest absolute Gasteiger partial charge is 0.267 e. The molecule has 2 aromatic carbocycles. The second-order valence-electron chi connectivity index (χ2n) is 6.50. The number of hydrogen-bond acceptors (Lipinski definition) is 3. The van der Waals surface area contributed by atoms with Gasteiger partial charge in [0.15, 0.2) is 0 Å². The summed E-state index contributed by atoms with van der Waals surface area (Å²) in [7, 11) is 0. The largest absolute Gasteiger partial charge is 0.271 e. The fourth-order valence-corrected chi connectivity index (χ4v) is 2.93. The minimum absolute atomic E-state index is 0.213. The minimum Gasteiger partial charge on any atom is -0.267 e. The van der Waals surface area contributed by atoms with Crippen LogP contribution < -0.4 is 5.43 Å². The highest BCUT2D eigenvalue weighted by atomic mass is 16.2. The molecule has 3 aromatic rings. The first kappa shape index (κ1) is 18.6. The maximum absolute atomic E-state index is 12.4. The Morgan fingerprint density at radius 2 is 1.74 bits per heavy atom. The van der Waals surface area contributed by atoms with Crippen molar-refractivity contribution < 1.29 is 4.79 Å². The Morgan fingerprint density at radius 3 is 2.33 bits per heavy atom. The number of hydrogen-bond donors (Lipinski definition) is 1. The number of carbonyl (C=O) groups excluding carboxylic acids is 1. The van der Waals surface area contributed by atoms with Crippen molar-refractivity contribution in [2.24, 2.45) is 5.10 Å². The number of hydrazone groups is 1. The average molecular weight is 360 g/mol. The standard InChI is InChI=1S/C22H24N4O/c1-4-21(19-8-6-5-7-9-19)23-24-22(27)20-12-10-18(11-13-20)15-26-17(3)14-16(2)25-26/h5-14H,4,15H2,1-3H3,(H,24,27). The van der Waals surface area contributed by atoms with Gasteiger partial charge in [0.25, 0.3) is 5.91 Å². The van der Waals surface area contributed by atoms with Crippen LogP contribution in [-0.4, -0.2) is 21.4 Å². The molecule has 1 heterocycles. The first-order chi connectivity index (χ1) is 13.1. The normalized spacial score (nSPS) is 11.4. The number of carbonyl (C=O) groups is 1. The summed E-state index contributed by atoms with van der Waals surface area (Å²) in [5.41, 5.74) is 8.34. The van der Waals surface area contributed by atoms with Crippen molar-refractivity contribution in [3.8, 4) is 0 Å². The lowest BCUT2D eigenvalue weighted by Gasteiger charge is -2.07. The van der Waals surface area contributed by atoms with Gasteiger partial charge in [0.05, 0.1) is 18.0 Å². The lowest BCUT2D eigenvalue weighted by Crippen LogP contribution is -2.20. The summed E-state index contributed by atoms with van der Waals surface area (Å²) in [6.07, 6.45) is 0.742. The molecule has 0 spiro atoms. The van der Waals surface area contributed by atoms with E-state index in [9.17, 15) is 4.79 Å². The third-order valence-corrected chi connectivity index (χ3v) is 4.39. The molecule has 1 amide bonds. The highest BCUT2D eigenvalue weighted by Crippen LogP contribution is 2.10. The van der Waals surface area contributed by atoms with E-state index in [4.69, 9.17) is 0 Å². The van der Waals surface area contributed by atoms with Crippen LogP contribution >= 0.6 is 0 Å². The van der Waals surface area contributed by atoms with Crippen molar-refractivity contribution in [2.75, 3.05) is 0 Å². The number of aromatic nitrogens is 2. The molecule has 1 aromatic heterocycles. The zero-order valence-electron chi connectivity index (χ0n) is 15.9. The van der Waals surface area contributed by atoms with E-state index < -0.39 is 0 Å². The van der Waals surface area contributed by atoms with Crippen LogP contribution in [-0.2, 0) is 6.54 Å². The second kappa shape index (κ2) is 8.45. The minimum atomic E-state index is -0.213. The van der Waals surface area contributed by atoms with Crippen LogP contribution in [0.3, 0.4) is 0 Å². The summed E-state index contributed by atoms with van der Waals surface area (Å²) in [6, 6.07) is 19.5. The van der Waals surface area contributed by atoms with E-state index in [1.807, 2.05) is 80.1 Å². The molecule has 0 aliphatic rings. The Kier molecular flexibility index (Phi) is 5.81. The van der Waals surface area contributed by atoms with Gasteiger partial charge < -0.3 is 0 Å². The zero-order valence-corrected chi connectivity index (χ0v) is 15.9. The maximum atomic E-state index is 12.4. The zero-order chi connectivity index (χ0) is 19.2. The van der Waals surface area contributed by atoms with Crippen molar-refractivity contribution in [2.45, 2.75) is 33.7 Å². The van der Waals surface area contributed by atoms with Crippen molar-refractivity contribution in [1.29, 1.82) is 0 Å². The fraction of sp³-hybridized carbons (Fsp3) is 0.227. The van der Waals surface area contributed by atoms with Crippen molar-refractivity contribution >= 4 is 11.6 Å². The second-order valence-corrected chi connectivity index (χ2v) is 6.50.